The molecule has 1 aromatic carbocycles. The summed E-state index contributed by atoms with van der Waals surface area (Å²) in [5, 5.41) is 0. The molecule has 1 aromatic rings. The smallest absolute Gasteiger partial charge is 0.0512 e. The van der Waals surface area contributed by atoms with Gasteiger partial charge in [-0.05, 0) is 47.0 Å². The van der Waals surface area contributed by atoms with Gasteiger partial charge in [0.2, 0.25) is 0 Å². The zero-order valence-corrected chi connectivity index (χ0v) is 15.3. The molecule has 0 radical (unpaired) electrons. The Bertz CT molecular complexity index is 381. The highest BCUT2D eigenvalue weighted by Gasteiger charge is 2.10. The van der Waals surface area contributed by atoms with Crippen LogP contribution >= 0.6 is 15.9 Å². The zero-order chi connectivity index (χ0) is 15.5. The Morgan fingerprint density at radius 2 is 1.48 bits per heavy atom. The Labute approximate surface area is 139 Å². The number of benzene rings is 1. The molecule has 2 N–H and O–H groups in total. The minimum absolute atomic E-state index is 0.822. The molecule has 1 rings (SSSR count). The van der Waals surface area contributed by atoms with E-state index in [0.717, 1.165) is 23.2 Å². The number of rotatable bonds is 11. The lowest BCUT2D eigenvalue weighted by Crippen LogP contribution is -2.26. The van der Waals surface area contributed by atoms with Gasteiger partial charge in [-0.2, -0.15) is 0 Å². The predicted octanol–water partition coefficient (Wildman–Crippen LogP) is 6.00. The van der Waals surface area contributed by atoms with Crippen molar-refractivity contribution in [1.29, 1.82) is 0 Å². The van der Waals surface area contributed by atoms with Crippen molar-refractivity contribution < 1.29 is 0 Å². The van der Waals surface area contributed by atoms with Gasteiger partial charge in [0, 0.05) is 23.2 Å². The number of nitrogens with two attached hydrogens (primary N) is 1. The molecule has 0 aromatic heterocycles. The summed E-state index contributed by atoms with van der Waals surface area (Å²) in [5.74, 6) is 0. The van der Waals surface area contributed by atoms with Crippen LogP contribution in [0, 0.1) is 0 Å². The van der Waals surface area contributed by atoms with Crippen LogP contribution in [0.4, 0.5) is 11.4 Å². The van der Waals surface area contributed by atoms with E-state index in [1.54, 1.807) is 0 Å². The number of hydrogen-bond donors (Lipinski definition) is 1. The number of unbranched alkanes of at least 4 members (excludes halogenated alkanes) is 6. The van der Waals surface area contributed by atoms with Gasteiger partial charge in [0.25, 0.3) is 0 Å². The van der Waals surface area contributed by atoms with Crippen molar-refractivity contribution in [3.63, 3.8) is 0 Å². The average Bonchev–Trinajstić information content (AvgIpc) is 2.46. The van der Waals surface area contributed by atoms with Gasteiger partial charge in [-0.1, -0.05) is 52.4 Å². The fourth-order valence-corrected chi connectivity index (χ4v) is 3.24. The molecule has 0 saturated heterocycles. The lowest BCUT2D eigenvalue weighted by molar-refractivity contribution is 0.608. The first-order chi connectivity index (χ1) is 10.2. The van der Waals surface area contributed by atoms with E-state index < -0.39 is 0 Å². The Morgan fingerprint density at radius 3 is 1.95 bits per heavy atom. The van der Waals surface area contributed by atoms with Gasteiger partial charge in [-0.25, -0.2) is 0 Å². The molecular formula is C18H31BrN2. The highest BCUT2D eigenvalue weighted by molar-refractivity contribution is 9.10. The van der Waals surface area contributed by atoms with Crippen molar-refractivity contribution in [2.75, 3.05) is 23.7 Å². The van der Waals surface area contributed by atoms with Gasteiger partial charge in [-0.15, -0.1) is 0 Å². The van der Waals surface area contributed by atoms with Crippen LogP contribution in [0.25, 0.3) is 0 Å². The Kier molecular flexibility index (Phi) is 9.56. The number of nitrogen functional groups attached to an aromatic ring is 1. The van der Waals surface area contributed by atoms with Crippen LogP contribution in [0.15, 0.2) is 22.7 Å². The molecule has 0 bridgehead atoms. The number of hydrogen-bond acceptors (Lipinski definition) is 2. The second-order valence-corrected chi connectivity index (χ2v) is 6.67. The highest BCUT2D eigenvalue weighted by atomic mass is 79.9. The van der Waals surface area contributed by atoms with Crippen molar-refractivity contribution in [1.82, 2.24) is 0 Å². The molecule has 0 unspecified atom stereocenters. The summed E-state index contributed by atoms with van der Waals surface area (Å²) < 4.78 is 1.12. The maximum Gasteiger partial charge on any atom is 0.0512 e. The first-order valence-corrected chi connectivity index (χ1v) is 9.28. The van der Waals surface area contributed by atoms with E-state index in [1.165, 1.54) is 57.1 Å². The third-order valence-electron chi connectivity index (χ3n) is 3.88. The molecule has 0 aliphatic rings. The van der Waals surface area contributed by atoms with Crippen LogP contribution in [-0.2, 0) is 0 Å². The summed E-state index contributed by atoms with van der Waals surface area (Å²) in [6, 6.07) is 6.17. The topological polar surface area (TPSA) is 29.3 Å². The fraction of sp³-hybridized carbons (Fsp3) is 0.667. The number of halogens is 1. The molecule has 0 fully saturated rings. The maximum atomic E-state index is 5.86. The van der Waals surface area contributed by atoms with Gasteiger partial charge in [-0.3, -0.25) is 0 Å². The monoisotopic (exact) mass is 354 g/mol. The molecule has 0 heterocycles. The fourth-order valence-electron chi connectivity index (χ4n) is 2.59. The summed E-state index contributed by atoms with van der Waals surface area (Å²) in [7, 11) is 0. The molecule has 0 atom stereocenters. The normalized spacial score (nSPS) is 10.8. The molecular weight excluding hydrogens is 324 g/mol. The molecule has 2 nitrogen and oxygen atoms in total. The number of nitrogens with zero attached hydrogens (tertiary/aromatic N) is 1. The van der Waals surface area contributed by atoms with Crippen molar-refractivity contribution in [3.05, 3.63) is 22.7 Å². The lowest BCUT2D eigenvalue weighted by Gasteiger charge is -2.26. The Hall–Kier alpha value is -0.700. The summed E-state index contributed by atoms with van der Waals surface area (Å²) in [4.78, 5) is 2.52. The van der Waals surface area contributed by atoms with E-state index in [9.17, 15) is 0 Å². The molecule has 0 aliphatic heterocycles. The van der Waals surface area contributed by atoms with Gasteiger partial charge >= 0.3 is 0 Å². The molecule has 120 valence electrons. The maximum absolute atomic E-state index is 5.86. The van der Waals surface area contributed by atoms with Gasteiger partial charge in [0.1, 0.15) is 0 Å². The third-order valence-corrected chi connectivity index (χ3v) is 4.51. The van der Waals surface area contributed by atoms with E-state index >= 15 is 0 Å². The van der Waals surface area contributed by atoms with Crippen molar-refractivity contribution >= 4 is 27.3 Å². The van der Waals surface area contributed by atoms with E-state index in [0.29, 0.717) is 0 Å². The highest BCUT2D eigenvalue weighted by Crippen LogP contribution is 2.29. The van der Waals surface area contributed by atoms with Gasteiger partial charge in [0.05, 0.1) is 5.69 Å². The van der Waals surface area contributed by atoms with Crippen LogP contribution in [0.3, 0.4) is 0 Å². The average molecular weight is 355 g/mol. The Balaban J connectivity index is 2.60. The molecule has 21 heavy (non-hydrogen) atoms. The molecule has 3 heteroatoms. The van der Waals surface area contributed by atoms with Crippen molar-refractivity contribution in [2.45, 2.75) is 65.2 Å². The van der Waals surface area contributed by atoms with Crippen LogP contribution in [0.1, 0.15) is 65.2 Å². The van der Waals surface area contributed by atoms with Crippen LogP contribution in [0.5, 0.6) is 0 Å². The van der Waals surface area contributed by atoms with Crippen LogP contribution < -0.4 is 10.6 Å². The van der Waals surface area contributed by atoms with Gasteiger partial charge < -0.3 is 10.6 Å². The minimum atomic E-state index is 0.822. The first-order valence-electron chi connectivity index (χ1n) is 8.49. The SMILES string of the molecule is CCCCCCN(CCCCCC)c1ccc(N)cc1Br. The molecule has 0 aliphatic carbocycles. The Morgan fingerprint density at radius 1 is 0.905 bits per heavy atom. The van der Waals surface area contributed by atoms with E-state index in [1.807, 2.05) is 12.1 Å². The lowest BCUT2D eigenvalue weighted by atomic mass is 10.1. The summed E-state index contributed by atoms with van der Waals surface area (Å²) in [6.07, 6.45) is 10.5. The van der Waals surface area contributed by atoms with E-state index in [-0.39, 0.29) is 0 Å². The standard InChI is InChI=1S/C18H31BrN2/c1-3-5-7-9-13-21(14-10-8-6-4-2)18-12-11-16(20)15-17(18)19/h11-12,15H,3-10,13-14,20H2,1-2H3. The van der Waals surface area contributed by atoms with Crippen LogP contribution in [0.2, 0.25) is 0 Å². The summed E-state index contributed by atoms with van der Waals surface area (Å²) >= 11 is 3.67. The van der Waals surface area contributed by atoms with E-state index in [4.69, 9.17) is 5.73 Å². The van der Waals surface area contributed by atoms with Crippen molar-refractivity contribution in [3.8, 4) is 0 Å². The molecule has 0 amide bonds. The van der Waals surface area contributed by atoms with E-state index in [2.05, 4.69) is 40.7 Å². The predicted molar refractivity (Wildman–Crippen MR) is 99.1 cm³/mol. The van der Waals surface area contributed by atoms with Gasteiger partial charge in [0.15, 0.2) is 0 Å². The summed E-state index contributed by atoms with van der Waals surface area (Å²) in [6.45, 7) is 6.82. The number of anilines is 2. The second kappa shape index (κ2) is 10.9. The third kappa shape index (κ3) is 7.21. The largest absolute Gasteiger partial charge is 0.399 e. The zero-order valence-electron chi connectivity index (χ0n) is 13.7. The first kappa shape index (κ1) is 18.3. The molecule has 0 spiro atoms. The van der Waals surface area contributed by atoms with Crippen LogP contribution in [-0.4, -0.2) is 13.1 Å². The second-order valence-electron chi connectivity index (χ2n) is 5.82. The summed E-state index contributed by atoms with van der Waals surface area (Å²) in [5.41, 5.74) is 7.97. The molecule has 0 saturated carbocycles. The quantitative estimate of drug-likeness (QED) is 0.390. The van der Waals surface area contributed by atoms with Crippen molar-refractivity contribution in [2.24, 2.45) is 0 Å². The minimum Gasteiger partial charge on any atom is -0.399 e.